The Balaban J connectivity index is 1.95. The summed E-state index contributed by atoms with van der Waals surface area (Å²) in [7, 11) is 0. The van der Waals surface area contributed by atoms with Crippen LogP contribution >= 0.6 is 27.7 Å². The minimum Gasteiger partial charge on any atom is -0.349 e. The van der Waals surface area contributed by atoms with E-state index in [9.17, 15) is 0 Å². The number of rotatable bonds is 1. The van der Waals surface area contributed by atoms with Crippen molar-refractivity contribution < 1.29 is 0 Å². The second-order valence-corrected chi connectivity index (χ2v) is 5.62. The minimum absolute atomic E-state index is 0.669. The molecule has 1 fully saturated rings. The molecule has 2 atom stereocenters. The van der Waals surface area contributed by atoms with Gasteiger partial charge < -0.3 is 4.90 Å². The normalized spacial score (nSPS) is 34.0. The van der Waals surface area contributed by atoms with E-state index in [1.165, 1.54) is 24.6 Å². The van der Waals surface area contributed by atoms with Gasteiger partial charge in [-0.05, 0) is 19.8 Å². The maximum absolute atomic E-state index is 4.60. The lowest BCUT2D eigenvalue weighted by molar-refractivity contribution is 0.422. The molecular formula is C9H15BrN2S. The largest absolute Gasteiger partial charge is 0.349 e. The Morgan fingerprint density at radius 2 is 2.54 bits per heavy atom. The monoisotopic (exact) mass is 262 g/mol. The number of amidine groups is 1. The molecular weight excluding hydrogens is 248 g/mol. The molecule has 0 bridgehead atoms. The highest BCUT2D eigenvalue weighted by Crippen LogP contribution is 2.29. The van der Waals surface area contributed by atoms with Crippen molar-refractivity contribution in [3.8, 4) is 0 Å². The Bertz CT molecular complexity index is 220. The van der Waals surface area contributed by atoms with Gasteiger partial charge in [0, 0.05) is 23.2 Å². The van der Waals surface area contributed by atoms with Crippen LogP contribution in [0.5, 0.6) is 0 Å². The van der Waals surface area contributed by atoms with Crippen LogP contribution in [-0.2, 0) is 0 Å². The van der Waals surface area contributed by atoms with E-state index < -0.39 is 0 Å². The first-order chi connectivity index (χ1) is 6.31. The molecule has 0 radical (unpaired) electrons. The zero-order valence-corrected chi connectivity index (χ0v) is 10.3. The van der Waals surface area contributed by atoms with Crippen LogP contribution in [0.3, 0.4) is 0 Å². The molecule has 1 saturated heterocycles. The lowest BCUT2D eigenvalue weighted by atomic mass is 10.2. The molecule has 0 aromatic heterocycles. The zero-order chi connectivity index (χ0) is 9.26. The molecule has 2 rings (SSSR count). The predicted molar refractivity (Wildman–Crippen MR) is 62.9 cm³/mol. The molecule has 2 aliphatic rings. The van der Waals surface area contributed by atoms with E-state index in [1.54, 1.807) is 0 Å². The third-order valence-electron chi connectivity index (χ3n) is 2.67. The van der Waals surface area contributed by atoms with E-state index >= 15 is 0 Å². The van der Waals surface area contributed by atoms with Crippen molar-refractivity contribution in [2.24, 2.45) is 4.99 Å². The van der Waals surface area contributed by atoms with Gasteiger partial charge in [0.15, 0.2) is 5.17 Å². The van der Waals surface area contributed by atoms with Crippen LogP contribution in [-0.4, -0.2) is 39.8 Å². The Hall–Kier alpha value is 0.300. The van der Waals surface area contributed by atoms with Gasteiger partial charge in [-0.25, -0.2) is 0 Å². The van der Waals surface area contributed by atoms with Gasteiger partial charge in [-0.1, -0.05) is 27.7 Å². The summed E-state index contributed by atoms with van der Waals surface area (Å²) in [6, 6.07) is 0.709. The number of likely N-dealkylation sites (tertiary alicyclic amines) is 1. The number of thioether (sulfide) groups is 1. The fraction of sp³-hybridized carbons (Fsp3) is 0.889. The second kappa shape index (κ2) is 4.22. The number of hydrogen-bond donors (Lipinski definition) is 0. The lowest BCUT2D eigenvalue weighted by Crippen LogP contribution is -2.31. The van der Waals surface area contributed by atoms with E-state index in [-0.39, 0.29) is 0 Å². The van der Waals surface area contributed by atoms with Crippen LogP contribution in [0.1, 0.15) is 19.8 Å². The van der Waals surface area contributed by atoms with Crippen molar-refractivity contribution in [2.45, 2.75) is 31.1 Å². The molecule has 13 heavy (non-hydrogen) atoms. The van der Waals surface area contributed by atoms with Crippen LogP contribution in [0, 0.1) is 0 Å². The number of nitrogens with zero attached hydrogens (tertiary/aromatic N) is 2. The van der Waals surface area contributed by atoms with Gasteiger partial charge in [0.05, 0.1) is 6.54 Å². The molecule has 0 aromatic carbocycles. The average molecular weight is 263 g/mol. The van der Waals surface area contributed by atoms with Gasteiger partial charge >= 0.3 is 0 Å². The maximum atomic E-state index is 4.60. The van der Waals surface area contributed by atoms with Crippen molar-refractivity contribution in [1.29, 1.82) is 0 Å². The number of aliphatic imine (C=N–C) groups is 1. The number of alkyl halides is 1. The number of hydrogen-bond acceptors (Lipinski definition) is 3. The van der Waals surface area contributed by atoms with Gasteiger partial charge in [-0.15, -0.1) is 0 Å². The van der Waals surface area contributed by atoms with E-state index in [1.807, 2.05) is 11.8 Å². The second-order valence-electron chi connectivity index (χ2n) is 3.70. The van der Waals surface area contributed by atoms with Gasteiger partial charge in [0.25, 0.3) is 0 Å². The van der Waals surface area contributed by atoms with Crippen LogP contribution < -0.4 is 0 Å². The maximum Gasteiger partial charge on any atom is 0.159 e. The quantitative estimate of drug-likeness (QED) is 0.675. The van der Waals surface area contributed by atoms with Crippen molar-refractivity contribution in [3.05, 3.63) is 0 Å². The first kappa shape index (κ1) is 9.84. The third kappa shape index (κ3) is 2.04. The molecule has 74 valence electrons. The van der Waals surface area contributed by atoms with E-state index in [0.29, 0.717) is 11.3 Å². The fourth-order valence-electron chi connectivity index (χ4n) is 1.86. The zero-order valence-electron chi connectivity index (χ0n) is 7.87. The van der Waals surface area contributed by atoms with Crippen molar-refractivity contribution in [3.63, 3.8) is 0 Å². The van der Waals surface area contributed by atoms with Crippen molar-refractivity contribution >= 4 is 32.9 Å². The molecule has 4 heteroatoms. The Morgan fingerprint density at radius 1 is 1.69 bits per heavy atom. The fourth-order valence-corrected chi connectivity index (χ4v) is 3.53. The molecule has 0 amide bonds. The Kier molecular flexibility index (Phi) is 3.19. The summed E-state index contributed by atoms with van der Waals surface area (Å²) in [4.78, 5) is 7.06. The molecule has 0 spiro atoms. The molecule has 2 heterocycles. The topological polar surface area (TPSA) is 15.6 Å². The van der Waals surface area contributed by atoms with Crippen molar-refractivity contribution in [1.82, 2.24) is 4.90 Å². The summed E-state index contributed by atoms with van der Waals surface area (Å²) in [5.74, 6) is 0. The van der Waals surface area contributed by atoms with Crippen LogP contribution in [0.25, 0.3) is 0 Å². The van der Waals surface area contributed by atoms with Gasteiger partial charge in [-0.2, -0.15) is 0 Å². The molecule has 0 aromatic rings. The van der Waals surface area contributed by atoms with Crippen molar-refractivity contribution in [2.75, 3.05) is 18.4 Å². The summed E-state index contributed by atoms with van der Waals surface area (Å²) in [5.41, 5.74) is 0. The third-order valence-corrected chi connectivity index (χ3v) is 5.11. The highest BCUT2D eigenvalue weighted by molar-refractivity contribution is 9.09. The average Bonchev–Trinajstić information content (AvgIpc) is 2.71. The minimum atomic E-state index is 0.669. The summed E-state index contributed by atoms with van der Waals surface area (Å²) in [5, 5.41) is 3.02. The highest BCUT2D eigenvalue weighted by Gasteiger charge is 2.28. The summed E-state index contributed by atoms with van der Waals surface area (Å²) in [6.07, 6.45) is 2.66. The Labute approximate surface area is 92.3 Å². The molecule has 0 saturated carbocycles. The molecule has 2 unspecified atom stereocenters. The first-order valence-corrected chi connectivity index (χ1v) is 6.85. The van der Waals surface area contributed by atoms with Gasteiger partial charge in [0.2, 0.25) is 0 Å². The molecule has 2 aliphatic heterocycles. The molecule has 0 N–H and O–H groups in total. The molecule has 0 aliphatic carbocycles. The summed E-state index contributed by atoms with van der Waals surface area (Å²) in [6.45, 7) is 4.51. The smallest absolute Gasteiger partial charge is 0.159 e. The lowest BCUT2D eigenvalue weighted by Gasteiger charge is -2.22. The molecule has 2 nitrogen and oxygen atoms in total. The SMILES string of the molecule is CC1CCCN1C1=NCC(CBr)S1. The van der Waals surface area contributed by atoms with Gasteiger partial charge in [0.1, 0.15) is 0 Å². The predicted octanol–water partition coefficient (Wildman–Crippen LogP) is 2.34. The first-order valence-electron chi connectivity index (χ1n) is 4.85. The van der Waals surface area contributed by atoms with Crippen LogP contribution in [0.4, 0.5) is 0 Å². The van der Waals surface area contributed by atoms with Gasteiger partial charge in [-0.3, -0.25) is 4.99 Å². The number of halogens is 1. The van der Waals surface area contributed by atoms with E-state index in [2.05, 4.69) is 32.7 Å². The summed E-state index contributed by atoms with van der Waals surface area (Å²) < 4.78 is 0. The van der Waals surface area contributed by atoms with E-state index in [4.69, 9.17) is 0 Å². The highest BCUT2D eigenvalue weighted by atomic mass is 79.9. The van der Waals surface area contributed by atoms with Crippen LogP contribution in [0.2, 0.25) is 0 Å². The van der Waals surface area contributed by atoms with Crippen LogP contribution in [0.15, 0.2) is 4.99 Å². The summed E-state index contributed by atoms with van der Waals surface area (Å²) >= 11 is 5.46. The Morgan fingerprint density at radius 3 is 3.08 bits per heavy atom. The standard InChI is InChI=1S/C9H15BrN2S/c1-7-3-2-4-12(7)9-11-6-8(5-10)13-9/h7-8H,2-6H2,1H3. The van der Waals surface area contributed by atoms with E-state index in [0.717, 1.165) is 11.9 Å².